The van der Waals surface area contributed by atoms with Gasteiger partial charge in [-0.25, -0.2) is 17.5 Å². The van der Waals surface area contributed by atoms with Crippen molar-refractivity contribution in [3.05, 3.63) is 76.6 Å². The Morgan fingerprint density at radius 1 is 1.03 bits per heavy atom. The van der Waals surface area contributed by atoms with Gasteiger partial charge in [0.05, 0.1) is 15.9 Å². The van der Waals surface area contributed by atoms with E-state index in [0.29, 0.717) is 26.4 Å². The molecule has 3 aromatic carbocycles. The summed E-state index contributed by atoms with van der Waals surface area (Å²) in [5.74, 6) is -0.687. The van der Waals surface area contributed by atoms with Gasteiger partial charge in [0.2, 0.25) is 5.91 Å². The highest BCUT2D eigenvalue weighted by atomic mass is 32.2. The van der Waals surface area contributed by atoms with Crippen LogP contribution in [0.3, 0.4) is 0 Å². The lowest BCUT2D eigenvalue weighted by Crippen LogP contribution is -2.35. The number of carbonyl (C=O) groups is 1. The molecule has 2 heterocycles. The summed E-state index contributed by atoms with van der Waals surface area (Å²) >= 11 is 0.852. The van der Waals surface area contributed by atoms with Crippen LogP contribution < -0.4 is 9.24 Å². The Morgan fingerprint density at radius 3 is 2.55 bits per heavy atom. The Balaban J connectivity index is 1.86. The zero-order valence-corrected chi connectivity index (χ0v) is 17.7. The molecule has 0 saturated heterocycles. The number of anilines is 1. The Bertz CT molecular complexity index is 1660. The predicted octanol–water partition coefficient (Wildman–Crippen LogP) is 4.30. The van der Waals surface area contributed by atoms with Crippen molar-refractivity contribution in [2.45, 2.75) is 11.8 Å². The maximum Gasteiger partial charge on any atom is 0.396 e. The second-order valence-corrected chi connectivity index (χ2v) is 9.57. The first-order chi connectivity index (χ1) is 14.9. The van der Waals surface area contributed by atoms with Gasteiger partial charge in [0.1, 0.15) is 4.90 Å². The van der Waals surface area contributed by atoms with Crippen LogP contribution in [-0.4, -0.2) is 19.3 Å². The predicted molar refractivity (Wildman–Crippen MR) is 120 cm³/mol. The lowest BCUT2D eigenvalue weighted by atomic mass is 10.1. The van der Waals surface area contributed by atoms with E-state index in [4.69, 9.17) is 4.42 Å². The van der Waals surface area contributed by atoms with E-state index >= 15 is 0 Å². The van der Waals surface area contributed by atoms with Crippen molar-refractivity contribution in [1.29, 1.82) is 0 Å². The van der Waals surface area contributed by atoms with Gasteiger partial charge in [-0.2, -0.15) is 0 Å². The Hall–Kier alpha value is -3.56. The monoisotopic (exact) mass is 450 g/mol. The van der Waals surface area contributed by atoms with Crippen LogP contribution >= 0.6 is 11.3 Å². The van der Waals surface area contributed by atoms with Crippen LogP contribution in [0.2, 0.25) is 0 Å². The fraction of sp³-hybridized carbons (Fsp3) is 0.0455. The molecule has 0 fully saturated rings. The molecular formula is C22H14N2O5S2. The van der Waals surface area contributed by atoms with Crippen molar-refractivity contribution in [3.8, 4) is 0 Å². The van der Waals surface area contributed by atoms with Gasteiger partial charge in [0.25, 0.3) is 10.0 Å². The fourth-order valence-corrected chi connectivity index (χ4v) is 6.03. The molecule has 0 atom stereocenters. The molecule has 0 saturated carbocycles. The molecule has 0 bridgehead atoms. The molecule has 0 aliphatic carbocycles. The zero-order chi connectivity index (χ0) is 21.8. The molecule has 5 aromatic rings. The van der Waals surface area contributed by atoms with Crippen LogP contribution in [0.1, 0.15) is 6.92 Å². The fourth-order valence-electron chi connectivity index (χ4n) is 3.70. The number of benzene rings is 3. The average Bonchev–Trinajstić information content (AvgIpc) is 3.13. The summed E-state index contributed by atoms with van der Waals surface area (Å²) < 4.78 is 34.0. The minimum atomic E-state index is -4.32. The molecular weight excluding hydrogens is 436 g/mol. The van der Waals surface area contributed by atoms with Crippen molar-refractivity contribution >= 4 is 64.9 Å². The van der Waals surface area contributed by atoms with E-state index in [-0.39, 0.29) is 16.1 Å². The number of para-hydroxylation sites is 1. The number of hydrogen-bond acceptors (Lipinski definition) is 7. The third-order valence-electron chi connectivity index (χ3n) is 4.94. The number of hydrogen-bond donors (Lipinski definition) is 0. The van der Waals surface area contributed by atoms with E-state index in [1.165, 1.54) is 25.3 Å². The summed E-state index contributed by atoms with van der Waals surface area (Å²) in [4.78, 5) is 28.2. The Labute approximate surface area is 180 Å². The molecule has 5 rings (SSSR count). The standard InChI is InChI=1S/C22H14N2O5S2/c1-13(25)24(31(27,28)19-10-4-6-14-7-5-11-23-20(14)19)17-12-18-21(29-22(26)30-18)16-9-3-2-8-15(16)17/h2-12H,1H3. The summed E-state index contributed by atoms with van der Waals surface area (Å²) in [7, 11) is -4.32. The molecule has 0 aliphatic rings. The molecule has 0 N–H and O–H groups in total. The zero-order valence-electron chi connectivity index (χ0n) is 16.1. The number of sulfonamides is 1. The lowest BCUT2D eigenvalue weighted by molar-refractivity contribution is -0.115. The quantitative estimate of drug-likeness (QED) is 0.407. The highest BCUT2D eigenvalue weighted by molar-refractivity contribution is 7.93. The molecule has 9 heteroatoms. The first-order valence-corrected chi connectivity index (χ1v) is 11.5. The molecule has 154 valence electrons. The van der Waals surface area contributed by atoms with Crippen LogP contribution in [0.25, 0.3) is 32.0 Å². The Morgan fingerprint density at radius 2 is 1.77 bits per heavy atom. The second-order valence-electron chi connectivity index (χ2n) is 6.84. The van der Waals surface area contributed by atoms with E-state index in [9.17, 15) is 18.0 Å². The van der Waals surface area contributed by atoms with Crippen LogP contribution in [0.4, 0.5) is 5.69 Å². The summed E-state index contributed by atoms with van der Waals surface area (Å²) in [6, 6.07) is 16.7. The lowest BCUT2D eigenvalue weighted by Gasteiger charge is -2.23. The first kappa shape index (κ1) is 19.4. The van der Waals surface area contributed by atoms with Crippen molar-refractivity contribution in [2.75, 3.05) is 4.31 Å². The number of carbonyl (C=O) groups excluding carboxylic acids is 1. The van der Waals surface area contributed by atoms with Crippen LogP contribution in [0.5, 0.6) is 0 Å². The number of aromatic nitrogens is 1. The summed E-state index contributed by atoms with van der Waals surface area (Å²) in [6.07, 6.45) is 1.50. The first-order valence-electron chi connectivity index (χ1n) is 9.23. The largest absolute Gasteiger partial charge is 0.413 e. The van der Waals surface area contributed by atoms with E-state index in [1.54, 1.807) is 48.5 Å². The van der Waals surface area contributed by atoms with E-state index in [2.05, 4.69) is 4.98 Å². The highest BCUT2D eigenvalue weighted by Gasteiger charge is 2.32. The number of amides is 1. The molecule has 0 spiro atoms. The molecule has 31 heavy (non-hydrogen) atoms. The van der Waals surface area contributed by atoms with Crippen molar-refractivity contribution in [1.82, 2.24) is 4.98 Å². The van der Waals surface area contributed by atoms with Crippen molar-refractivity contribution < 1.29 is 17.6 Å². The number of fused-ring (bicyclic) bond motifs is 4. The van der Waals surface area contributed by atoms with E-state index < -0.39 is 20.9 Å². The van der Waals surface area contributed by atoms with Gasteiger partial charge in [-0.1, -0.05) is 53.8 Å². The van der Waals surface area contributed by atoms with Crippen LogP contribution in [0, 0.1) is 0 Å². The third kappa shape index (κ3) is 3.01. The molecule has 0 radical (unpaired) electrons. The van der Waals surface area contributed by atoms with E-state index in [1.807, 2.05) is 0 Å². The molecule has 1 amide bonds. The van der Waals surface area contributed by atoms with Crippen LogP contribution in [0.15, 0.2) is 81.0 Å². The van der Waals surface area contributed by atoms with Gasteiger partial charge in [-0.05, 0) is 18.2 Å². The summed E-state index contributed by atoms with van der Waals surface area (Å²) in [5.41, 5.74) is 0.789. The normalized spacial score (nSPS) is 11.9. The minimum absolute atomic E-state index is 0.0784. The van der Waals surface area contributed by atoms with Gasteiger partial charge in [-0.3, -0.25) is 9.78 Å². The average molecular weight is 450 g/mol. The second kappa shape index (κ2) is 7.00. The van der Waals surface area contributed by atoms with Gasteiger partial charge in [0, 0.05) is 29.3 Å². The molecule has 7 nitrogen and oxygen atoms in total. The minimum Gasteiger partial charge on any atom is -0.413 e. The molecule has 0 aliphatic heterocycles. The van der Waals surface area contributed by atoms with Gasteiger partial charge < -0.3 is 4.42 Å². The number of pyridine rings is 1. The van der Waals surface area contributed by atoms with Crippen molar-refractivity contribution in [3.63, 3.8) is 0 Å². The number of rotatable bonds is 3. The number of nitrogens with zero attached hydrogens (tertiary/aromatic N) is 2. The third-order valence-corrected chi connectivity index (χ3v) is 7.53. The topological polar surface area (TPSA) is 97.5 Å². The SMILES string of the molecule is CC(=O)N(c1cc2sc(=O)oc2c2ccccc12)S(=O)(=O)c1cccc2cccnc12. The summed E-state index contributed by atoms with van der Waals surface area (Å²) in [5, 5.41) is 1.66. The maximum absolute atomic E-state index is 13.8. The van der Waals surface area contributed by atoms with Crippen molar-refractivity contribution in [2.24, 2.45) is 0 Å². The van der Waals surface area contributed by atoms with E-state index in [0.717, 1.165) is 15.6 Å². The highest BCUT2D eigenvalue weighted by Crippen LogP contribution is 2.38. The summed E-state index contributed by atoms with van der Waals surface area (Å²) in [6.45, 7) is 1.19. The van der Waals surface area contributed by atoms with Crippen LogP contribution in [-0.2, 0) is 14.8 Å². The molecule has 2 aromatic heterocycles. The molecule has 0 unspecified atom stereocenters. The Kier molecular flexibility index (Phi) is 4.38. The van der Waals surface area contributed by atoms with Gasteiger partial charge >= 0.3 is 4.94 Å². The smallest absolute Gasteiger partial charge is 0.396 e. The van der Waals surface area contributed by atoms with Gasteiger partial charge in [0.15, 0.2) is 5.58 Å². The van der Waals surface area contributed by atoms with Gasteiger partial charge in [-0.15, -0.1) is 0 Å². The maximum atomic E-state index is 13.8.